The zero-order chi connectivity index (χ0) is 18.0. The number of furan rings is 1. The van der Waals surface area contributed by atoms with E-state index in [0.29, 0.717) is 11.3 Å². The SMILES string of the molecule is CC(=O)Nc1ccc(S(=O)(=O)NCC(C)(O)c2ccco2)c(C)c1. The molecule has 0 bridgehead atoms. The number of amides is 1. The second-order valence-electron chi connectivity index (χ2n) is 5.74. The van der Waals surface area contributed by atoms with Crippen LogP contribution in [0.15, 0.2) is 45.9 Å². The maximum absolute atomic E-state index is 12.5. The minimum Gasteiger partial charge on any atom is -0.466 e. The highest BCUT2D eigenvalue weighted by atomic mass is 32.2. The zero-order valence-electron chi connectivity index (χ0n) is 13.7. The molecule has 0 aliphatic carbocycles. The minimum atomic E-state index is -3.82. The number of aliphatic hydroxyl groups is 1. The molecule has 0 aliphatic rings. The second-order valence-corrected chi connectivity index (χ2v) is 7.47. The third-order valence-corrected chi connectivity index (χ3v) is 5.00. The highest BCUT2D eigenvalue weighted by molar-refractivity contribution is 7.89. The van der Waals surface area contributed by atoms with Gasteiger partial charge in [0.25, 0.3) is 0 Å². The van der Waals surface area contributed by atoms with Gasteiger partial charge < -0.3 is 14.8 Å². The minimum absolute atomic E-state index is 0.0758. The number of sulfonamides is 1. The molecule has 1 amide bonds. The molecule has 0 fully saturated rings. The second kappa shape index (κ2) is 6.76. The van der Waals surface area contributed by atoms with E-state index < -0.39 is 15.6 Å². The Morgan fingerprint density at radius 2 is 2.04 bits per heavy atom. The van der Waals surface area contributed by atoms with E-state index in [1.54, 1.807) is 25.1 Å². The third kappa shape index (κ3) is 4.22. The molecule has 3 N–H and O–H groups in total. The van der Waals surface area contributed by atoms with Gasteiger partial charge in [0.15, 0.2) is 0 Å². The van der Waals surface area contributed by atoms with Crippen LogP contribution in [0, 0.1) is 6.92 Å². The zero-order valence-corrected chi connectivity index (χ0v) is 14.5. The fourth-order valence-corrected chi connectivity index (χ4v) is 3.57. The Kier molecular flexibility index (Phi) is 5.12. The Bertz CT molecular complexity index is 826. The number of hydrogen-bond acceptors (Lipinski definition) is 5. The summed E-state index contributed by atoms with van der Waals surface area (Å²) < 4.78 is 32.4. The van der Waals surface area contributed by atoms with Gasteiger partial charge in [0.1, 0.15) is 11.4 Å². The van der Waals surface area contributed by atoms with Crippen LogP contribution in [0.25, 0.3) is 0 Å². The van der Waals surface area contributed by atoms with E-state index in [1.165, 1.54) is 32.2 Å². The van der Waals surface area contributed by atoms with Gasteiger partial charge in [0.05, 0.1) is 11.2 Å². The molecule has 1 heterocycles. The average Bonchev–Trinajstić information content (AvgIpc) is 2.99. The lowest BCUT2D eigenvalue weighted by atomic mass is 10.1. The van der Waals surface area contributed by atoms with E-state index in [9.17, 15) is 18.3 Å². The van der Waals surface area contributed by atoms with Crippen LogP contribution in [0.4, 0.5) is 5.69 Å². The van der Waals surface area contributed by atoms with E-state index in [1.807, 2.05) is 0 Å². The van der Waals surface area contributed by atoms with Crippen LogP contribution in [-0.4, -0.2) is 26.0 Å². The molecule has 130 valence electrons. The number of hydrogen-bond donors (Lipinski definition) is 3. The largest absolute Gasteiger partial charge is 0.466 e. The number of rotatable bonds is 6. The number of carbonyl (C=O) groups is 1. The smallest absolute Gasteiger partial charge is 0.240 e. The summed E-state index contributed by atoms with van der Waals surface area (Å²) in [5.41, 5.74) is -0.478. The molecule has 0 saturated heterocycles. The van der Waals surface area contributed by atoms with Gasteiger partial charge in [-0.2, -0.15) is 0 Å². The van der Waals surface area contributed by atoms with Crippen LogP contribution >= 0.6 is 0 Å². The molecule has 2 aromatic rings. The summed E-state index contributed by atoms with van der Waals surface area (Å²) in [5.74, 6) is 0.0283. The van der Waals surface area contributed by atoms with Crippen molar-refractivity contribution in [3.05, 3.63) is 47.9 Å². The van der Waals surface area contributed by atoms with Crippen molar-refractivity contribution in [3.8, 4) is 0 Å². The van der Waals surface area contributed by atoms with E-state index in [4.69, 9.17) is 4.42 Å². The summed E-state index contributed by atoms with van der Waals surface area (Å²) in [6, 6.07) is 7.67. The van der Waals surface area contributed by atoms with Gasteiger partial charge in [-0.15, -0.1) is 0 Å². The summed E-state index contributed by atoms with van der Waals surface area (Å²) >= 11 is 0. The molecular formula is C16H20N2O5S. The molecule has 7 nitrogen and oxygen atoms in total. The van der Waals surface area contributed by atoms with Crippen LogP contribution in [-0.2, 0) is 20.4 Å². The van der Waals surface area contributed by atoms with Crippen molar-refractivity contribution in [1.29, 1.82) is 0 Å². The fraction of sp³-hybridized carbons (Fsp3) is 0.312. The van der Waals surface area contributed by atoms with E-state index in [-0.39, 0.29) is 23.1 Å². The molecule has 0 saturated carbocycles. The molecule has 8 heteroatoms. The van der Waals surface area contributed by atoms with Gasteiger partial charge in [0.2, 0.25) is 15.9 Å². The van der Waals surface area contributed by atoms with Crippen molar-refractivity contribution in [3.63, 3.8) is 0 Å². The van der Waals surface area contributed by atoms with Gasteiger partial charge in [-0.25, -0.2) is 13.1 Å². The number of benzene rings is 1. The lowest BCUT2D eigenvalue weighted by Crippen LogP contribution is -2.38. The molecule has 1 unspecified atom stereocenters. The molecule has 0 radical (unpaired) electrons. The molecule has 1 aromatic heterocycles. The Hall–Kier alpha value is -2.16. The van der Waals surface area contributed by atoms with Crippen LogP contribution < -0.4 is 10.0 Å². The molecule has 2 rings (SSSR count). The van der Waals surface area contributed by atoms with Crippen molar-refractivity contribution in [2.45, 2.75) is 31.3 Å². The summed E-state index contributed by atoms with van der Waals surface area (Å²) in [7, 11) is -3.82. The summed E-state index contributed by atoms with van der Waals surface area (Å²) in [6.45, 7) is 4.22. The van der Waals surface area contributed by atoms with Gasteiger partial charge in [-0.05, 0) is 49.7 Å². The van der Waals surface area contributed by atoms with Crippen molar-refractivity contribution in [1.82, 2.24) is 4.72 Å². The maximum atomic E-state index is 12.5. The summed E-state index contributed by atoms with van der Waals surface area (Å²) in [5, 5.41) is 12.9. The normalized spacial score (nSPS) is 14.2. The Morgan fingerprint density at radius 3 is 2.58 bits per heavy atom. The van der Waals surface area contributed by atoms with Crippen molar-refractivity contribution >= 4 is 21.6 Å². The van der Waals surface area contributed by atoms with Gasteiger partial charge in [-0.3, -0.25) is 4.79 Å². The monoisotopic (exact) mass is 352 g/mol. The fourth-order valence-electron chi connectivity index (χ4n) is 2.22. The van der Waals surface area contributed by atoms with Crippen LogP contribution in [0.2, 0.25) is 0 Å². The number of anilines is 1. The van der Waals surface area contributed by atoms with Crippen molar-refractivity contribution in [2.24, 2.45) is 0 Å². The first-order chi connectivity index (χ1) is 11.1. The van der Waals surface area contributed by atoms with E-state index in [0.717, 1.165) is 0 Å². The van der Waals surface area contributed by atoms with Gasteiger partial charge in [0, 0.05) is 19.2 Å². The van der Waals surface area contributed by atoms with Crippen LogP contribution in [0.5, 0.6) is 0 Å². The summed E-state index contributed by atoms with van der Waals surface area (Å²) in [6.07, 6.45) is 1.41. The van der Waals surface area contributed by atoms with Crippen LogP contribution in [0.1, 0.15) is 25.2 Å². The predicted molar refractivity (Wildman–Crippen MR) is 89.0 cm³/mol. The molecule has 1 aromatic carbocycles. The van der Waals surface area contributed by atoms with Gasteiger partial charge >= 0.3 is 0 Å². The number of aryl methyl sites for hydroxylation is 1. The molecule has 24 heavy (non-hydrogen) atoms. The van der Waals surface area contributed by atoms with Crippen LogP contribution in [0.3, 0.4) is 0 Å². The lowest BCUT2D eigenvalue weighted by Gasteiger charge is -2.21. The first-order valence-electron chi connectivity index (χ1n) is 7.26. The standard InChI is InChI=1S/C16H20N2O5S/c1-11-9-13(18-12(2)19)6-7-14(11)24(21,22)17-10-16(3,20)15-5-4-8-23-15/h4-9,17,20H,10H2,1-3H3,(H,18,19). The number of nitrogens with one attached hydrogen (secondary N) is 2. The van der Waals surface area contributed by atoms with E-state index in [2.05, 4.69) is 10.0 Å². The Balaban J connectivity index is 2.17. The lowest BCUT2D eigenvalue weighted by molar-refractivity contribution is -0.114. The summed E-state index contributed by atoms with van der Waals surface area (Å²) in [4.78, 5) is 11.1. The Labute approximate surface area is 140 Å². The van der Waals surface area contributed by atoms with Crippen molar-refractivity contribution < 1.29 is 22.7 Å². The number of carbonyl (C=O) groups excluding carboxylic acids is 1. The van der Waals surface area contributed by atoms with Gasteiger partial charge in [-0.1, -0.05) is 0 Å². The first kappa shape index (κ1) is 18.2. The third-order valence-electron chi connectivity index (χ3n) is 3.44. The first-order valence-corrected chi connectivity index (χ1v) is 8.74. The average molecular weight is 352 g/mol. The topological polar surface area (TPSA) is 109 Å². The maximum Gasteiger partial charge on any atom is 0.240 e. The molecule has 0 spiro atoms. The molecule has 0 aliphatic heterocycles. The molecule has 1 atom stereocenters. The quantitative estimate of drug-likeness (QED) is 0.734. The van der Waals surface area contributed by atoms with Crippen molar-refractivity contribution in [2.75, 3.05) is 11.9 Å². The predicted octanol–water partition coefficient (Wildman–Crippen LogP) is 1.73. The van der Waals surface area contributed by atoms with E-state index >= 15 is 0 Å². The highest BCUT2D eigenvalue weighted by Crippen LogP contribution is 2.23. The Morgan fingerprint density at radius 1 is 1.33 bits per heavy atom. The molecular weight excluding hydrogens is 332 g/mol. The highest BCUT2D eigenvalue weighted by Gasteiger charge is 2.29.